The summed E-state index contributed by atoms with van der Waals surface area (Å²) in [5.74, 6) is -0.983. The minimum Gasteiger partial charge on any atom is -0.481 e. The second-order valence-electron chi connectivity index (χ2n) is 5.23. The first-order valence-corrected chi connectivity index (χ1v) is 7.49. The molecule has 1 N–H and O–H groups in total. The molecule has 1 amide bonds. The summed E-state index contributed by atoms with van der Waals surface area (Å²) in [6, 6.07) is 2.93. The lowest BCUT2D eigenvalue weighted by Crippen LogP contribution is -2.46. The van der Waals surface area contributed by atoms with Crippen LogP contribution in [0.15, 0.2) is 12.1 Å². The zero-order chi connectivity index (χ0) is 15.6. The highest BCUT2D eigenvalue weighted by Gasteiger charge is 2.40. The first-order chi connectivity index (χ1) is 9.88. The number of hydrogen-bond acceptors (Lipinski definition) is 3. The number of piperidine rings is 1. The summed E-state index contributed by atoms with van der Waals surface area (Å²) >= 11 is 11.6. The minimum absolute atomic E-state index is 0.163. The molecule has 1 aromatic rings. The van der Waals surface area contributed by atoms with Crippen LogP contribution >= 0.6 is 23.2 Å². The molecule has 0 atom stereocenters. The zero-order valence-electron chi connectivity index (χ0n) is 11.6. The molecular formula is C14H16Cl2N2O3. The number of nitrogens with zero attached hydrogens (tertiary/aromatic N) is 2. The lowest BCUT2D eigenvalue weighted by molar-refractivity contribution is -0.152. The van der Waals surface area contributed by atoms with E-state index in [-0.39, 0.29) is 16.2 Å². The van der Waals surface area contributed by atoms with Gasteiger partial charge >= 0.3 is 5.97 Å². The third kappa shape index (κ3) is 3.30. The van der Waals surface area contributed by atoms with Crippen LogP contribution in [0.25, 0.3) is 0 Å². The van der Waals surface area contributed by atoms with Crippen LogP contribution in [0.1, 0.15) is 36.5 Å². The average molecular weight is 331 g/mol. The molecule has 114 valence electrons. The zero-order valence-corrected chi connectivity index (χ0v) is 13.1. The Morgan fingerprint density at radius 1 is 1.29 bits per heavy atom. The minimum atomic E-state index is -0.785. The Labute approximate surface area is 132 Å². The Balaban J connectivity index is 2.11. The number of pyridine rings is 1. The normalized spacial score (nSPS) is 17.6. The Kier molecular flexibility index (Phi) is 4.74. The monoisotopic (exact) mass is 330 g/mol. The van der Waals surface area contributed by atoms with Crippen LogP contribution in [0.3, 0.4) is 0 Å². The fourth-order valence-corrected chi connectivity index (χ4v) is 3.09. The van der Waals surface area contributed by atoms with Crippen LogP contribution in [0, 0.1) is 5.41 Å². The lowest BCUT2D eigenvalue weighted by atomic mass is 9.76. The number of aliphatic carboxylic acids is 1. The Morgan fingerprint density at radius 3 is 2.24 bits per heavy atom. The summed E-state index contributed by atoms with van der Waals surface area (Å²) in [6.45, 7) is 2.70. The molecule has 1 fully saturated rings. The highest BCUT2D eigenvalue weighted by atomic mass is 35.5. The molecule has 7 heteroatoms. The third-order valence-electron chi connectivity index (χ3n) is 4.15. The quantitative estimate of drug-likeness (QED) is 0.864. The van der Waals surface area contributed by atoms with E-state index >= 15 is 0 Å². The van der Waals surface area contributed by atoms with Crippen molar-refractivity contribution in [2.24, 2.45) is 5.41 Å². The van der Waals surface area contributed by atoms with Gasteiger partial charge in [0.1, 0.15) is 10.3 Å². The van der Waals surface area contributed by atoms with Crippen molar-refractivity contribution in [2.45, 2.75) is 26.2 Å². The maximum atomic E-state index is 12.4. The van der Waals surface area contributed by atoms with Crippen molar-refractivity contribution in [3.8, 4) is 0 Å². The predicted molar refractivity (Wildman–Crippen MR) is 79.8 cm³/mol. The number of amides is 1. The molecule has 1 saturated heterocycles. The summed E-state index contributed by atoms with van der Waals surface area (Å²) in [7, 11) is 0. The van der Waals surface area contributed by atoms with E-state index in [0.29, 0.717) is 37.9 Å². The van der Waals surface area contributed by atoms with Gasteiger partial charge in [0.15, 0.2) is 0 Å². The molecule has 21 heavy (non-hydrogen) atoms. The molecule has 0 unspecified atom stereocenters. The first kappa shape index (κ1) is 16.0. The average Bonchev–Trinajstić information content (AvgIpc) is 2.45. The largest absolute Gasteiger partial charge is 0.481 e. The van der Waals surface area contributed by atoms with Crippen LogP contribution in [-0.4, -0.2) is 40.0 Å². The van der Waals surface area contributed by atoms with Gasteiger partial charge in [0, 0.05) is 18.7 Å². The number of carboxylic acid groups (broad SMARTS) is 1. The second kappa shape index (κ2) is 6.20. The van der Waals surface area contributed by atoms with Gasteiger partial charge in [-0.05, 0) is 31.4 Å². The number of aromatic nitrogens is 1. The van der Waals surface area contributed by atoms with Gasteiger partial charge in [-0.1, -0.05) is 30.1 Å². The van der Waals surface area contributed by atoms with Gasteiger partial charge < -0.3 is 10.0 Å². The van der Waals surface area contributed by atoms with E-state index in [4.69, 9.17) is 23.2 Å². The van der Waals surface area contributed by atoms with Crippen molar-refractivity contribution in [1.29, 1.82) is 0 Å². The summed E-state index contributed by atoms with van der Waals surface area (Å²) < 4.78 is 0. The smallest absolute Gasteiger partial charge is 0.309 e. The van der Waals surface area contributed by atoms with Gasteiger partial charge in [-0.15, -0.1) is 0 Å². The number of halogens is 2. The molecule has 1 aromatic heterocycles. The molecule has 2 heterocycles. The Morgan fingerprint density at radius 2 is 1.81 bits per heavy atom. The van der Waals surface area contributed by atoms with Gasteiger partial charge in [-0.2, -0.15) is 0 Å². The van der Waals surface area contributed by atoms with E-state index in [1.165, 1.54) is 12.1 Å². The maximum Gasteiger partial charge on any atom is 0.309 e. The van der Waals surface area contributed by atoms with Crippen LogP contribution in [-0.2, 0) is 4.79 Å². The molecule has 0 bridgehead atoms. The molecule has 0 aliphatic carbocycles. The third-order valence-corrected chi connectivity index (χ3v) is 4.54. The molecule has 1 aliphatic rings. The van der Waals surface area contributed by atoms with Crippen LogP contribution < -0.4 is 0 Å². The number of carboxylic acids is 1. The molecule has 0 spiro atoms. The SMILES string of the molecule is CCC1(C(=O)O)CCN(C(=O)c2cc(Cl)nc(Cl)c2)CC1. The van der Waals surface area contributed by atoms with E-state index in [0.717, 1.165) is 0 Å². The highest BCUT2D eigenvalue weighted by Crippen LogP contribution is 2.35. The predicted octanol–water partition coefficient (Wildman–Crippen LogP) is 3.11. The summed E-state index contributed by atoms with van der Waals surface area (Å²) in [5.41, 5.74) is -0.344. The molecule has 1 aliphatic heterocycles. The summed E-state index contributed by atoms with van der Waals surface area (Å²) in [6.07, 6.45) is 1.48. The first-order valence-electron chi connectivity index (χ1n) is 6.74. The van der Waals surface area contributed by atoms with Crippen molar-refractivity contribution in [2.75, 3.05) is 13.1 Å². The Bertz CT molecular complexity index is 549. The van der Waals surface area contributed by atoms with Crippen molar-refractivity contribution in [3.63, 3.8) is 0 Å². The fraction of sp³-hybridized carbons (Fsp3) is 0.500. The van der Waals surface area contributed by atoms with E-state index < -0.39 is 11.4 Å². The molecule has 2 rings (SSSR count). The number of carbonyl (C=O) groups is 2. The fourth-order valence-electron chi connectivity index (χ4n) is 2.63. The van der Waals surface area contributed by atoms with Gasteiger partial charge in [-0.25, -0.2) is 4.98 Å². The van der Waals surface area contributed by atoms with Gasteiger partial charge in [0.05, 0.1) is 5.41 Å². The van der Waals surface area contributed by atoms with Crippen molar-refractivity contribution < 1.29 is 14.7 Å². The van der Waals surface area contributed by atoms with Crippen molar-refractivity contribution in [3.05, 3.63) is 28.0 Å². The topological polar surface area (TPSA) is 70.5 Å². The van der Waals surface area contributed by atoms with Gasteiger partial charge in [0.25, 0.3) is 5.91 Å². The lowest BCUT2D eigenvalue weighted by Gasteiger charge is -2.38. The highest BCUT2D eigenvalue weighted by molar-refractivity contribution is 6.33. The van der Waals surface area contributed by atoms with Crippen LogP contribution in [0.2, 0.25) is 10.3 Å². The molecule has 5 nitrogen and oxygen atoms in total. The second-order valence-corrected chi connectivity index (χ2v) is 6.01. The van der Waals surface area contributed by atoms with E-state index in [2.05, 4.69) is 4.98 Å². The number of likely N-dealkylation sites (tertiary alicyclic amines) is 1. The number of rotatable bonds is 3. The molecule has 0 radical (unpaired) electrons. The number of carbonyl (C=O) groups excluding carboxylic acids is 1. The molecular weight excluding hydrogens is 315 g/mol. The molecule has 0 aromatic carbocycles. The van der Waals surface area contributed by atoms with E-state index in [1.54, 1.807) is 4.90 Å². The van der Waals surface area contributed by atoms with E-state index in [1.807, 2.05) is 6.92 Å². The summed E-state index contributed by atoms with van der Waals surface area (Å²) in [5, 5.41) is 9.68. The maximum absolute atomic E-state index is 12.4. The van der Waals surface area contributed by atoms with Gasteiger partial charge in [0.2, 0.25) is 0 Å². The van der Waals surface area contributed by atoms with Gasteiger partial charge in [-0.3, -0.25) is 9.59 Å². The van der Waals surface area contributed by atoms with Crippen molar-refractivity contribution >= 4 is 35.1 Å². The summed E-state index contributed by atoms with van der Waals surface area (Å²) in [4.78, 5) is 29.2. The number of hydrogen-bond donors (Lipinski definition) is 1. The van der Waals surface area contributed by atoms with Crippen LogP contribution in [0.4, 0.5) is 0 Å². The molecule has 0 saturated carbocycles. The Hall–Kier alpha value is -1.33. The van der Waals surface area contributed by atoms with Crippen LogP contribution in [0.5, 0.6) is 0 Å². The van der Waals surface area contributed by atoms with E-state index in [9.17, 15) is 14.7 Å². The van der Waals surface area contributed by atoms with Crippen molar-refractivity contribution in [1.82, 2.24) is 9.88 Å². The standard InChI is InChI=1S/C14H16Cl2N2O3/c1-2-14(13(20)21)3-5-18(6-4-14)12(19)9-7-10(15)17-11(16)8-9/h7-8H,2-6H2,1H3,(H,20,21).